The van der Waals surface area contributed by atoms with E-state index < -0.39 is 0 Å². The van der Waals surface area contributed by atoms with Crippen molar-refractivity contribution in [2.45, 2.75) is 46.6 Å². The Morgan fingerprint density at radius 1 is 1.33 bits per heavy atom. The van der Waals surface area contributed by atoms with E-state index in [1.807, 2.05) is 12.3 Å². The molecule has 0 bridgehead atoms. The molecule has 0 saturated heterocycles. The van der Waals surface area contributed by atoms with Crippen molar-refractivity contribution in [2.75, 3.05) is 0 Å². The van der Waals surface area contributed by atoms with E-state index in [2.05, 4.69) is 17.2 Å². The van der Waals surface area contributed by atoms with Gasteiger partial charge >= 0.3 is 0 Å². The van der Waals surface area contributed by atoms with Crippen LogP contribution in [0.5, 0.6) is 0 Å². The molecule has 1 atom stereocenters. The molecule has 0 radical (unpaired) electrons. The van der Waals surface area contributed by atoms with Crippen LogP contribution in [-0.2, 0) is 19.4 Å². The summed E-state index contributed by atoms with van der Waals surface area (Å²) in [5.41, 5.74) is 4.15. The molecule has 1 N–H and O–H groups in total. The molecule has 0 saturated carbocycles. The van der Waals surface area contributed by atoms with E-state index in [1.54, 1.807) is 23.5 Å². The van der Waals surface area contributed by atoms with Gasteiger partial charge < -0.3 is 5.32 Å². The highest BCUT2D eigenvalue weighted by Gasteiger charge is 2.23. The van der Waals surface area contributed by atoms with E-state index in [1.165, 1.54) is 17.4 Å². The summed E-state index contributed by atoms with van der Waals surface area (Å²) in [5, 5.41) is 4.94. The number of fused-ring (bicyclic) bond motifs is 1. The van der Waals surface area contributed by atoms with Crippen LogP contribution in [-0.4, -0.2) is 16.7 Å². The number of thiophene rings is 1. The Balaban J connectivity index is 1.68. The van der Waals surface area contributed by atoms with Gasteiger partial charge in [0.2, 0.25) is 0 Å². The highest BCUT2D eigenvalue weighted by atomic mass is 32.1. The molecule has 126 valence electrons. The number of nitrogens with one attached hydrogen (secondary N) is 1. The van der Waals surface area contributed by atoms with Crippen LogP contribution >= 0.6 is 11.3 Å². The molecular weight excluding hydrogens is 320 g/mol. The van der Waals surface area contributed by atoms with Gasteiger partial charge in [0, 0.05) is 21.5 Å². The Bertz CT molecular complexity index is 795. The number of aryl methyl sites for hydroxylation is 1. The molecule has 24 heavy (non-hydrogen) atoms. The summed E-state index contributed by atoms with van der Waals surface area (Å²) < 4.78 is 0. The third-order valence-corrected chi connectivity index (χ3v) is 5.65. The van der Waals surface area contributed by atoms with Crippen LogP contribution in [0.15, 0.2) is 17.5 Å². The molecule has 2 aromatic heterocycles. The highest BCUT2D eigenvalue weighted by molar-refractivity contribution is 7.10. The lowest BCUT2D eigenvalue weighted by Crippen LogP contribution is -2.25. The summed E-state index contributed by atoms with van der Waals surface area (Å²) in [6.45, 7) is 5.99. The summed E-state index contributed by atoms with van der Waals surface area (Å²) in [7, 11) is 0. The Kier molecular flexibility index (Phi) is 4.81. The van der Waals surface area contributed by atoms with Gasteiger partial charge in [-0.15, -0.1) is 11.3 Å². The van der Waals surface area contributed by atoms with Crippen molar-refractivity contribution in [3.05, 3.63) is 50.5 Å². The van der Waals surface area contributed by atoms with Gasteiger partial charge in [-0.1, -0.05) is 6.92 Å². The van der Waals surface area contributed by atoms with Crippen LogP contribution in [0.25, 0.3) is 0 Å². The number of aromatic nitrogens is 1. The number of carbonyl (C=O) groups is 2. The van der Waals surface area contributed by atoms with Crippen LogP contribution in [0.2, 0.25) is 0 Å². The van der Waals surface area contributed by atoms with Crippen molar-refractivity contribution in [1.29, 1.82) is 0 Å². The molecule has 1 amide bonds. The fraction of sp³-hybridized carbons (Fsp3) is 0.421. The van der Waals surface area contributed by atoms with Crippen molar-refractivity contribution in [3.8, 4) is 0 Å². The summed E-state index contributed by atoms with van der Waals surface area (Å²) in [6.07, 6.45) is 3.23. The standard InChI is InChI=1S/C19H22N2O2S/c1-11-4-6-16-17(10-24-18(16)8-11)19(23)20-9-14-5-7-15(13(3)22)12(2)21-14/h5,7,10-11H,4,6,8-9H2,1-3H3,(H,20,23). The van der Waals surface area contributed by atoms with Crippen molar-refractivity contribution < 1.29 is 9.59 Å². The number of ketones is 1. The molecule has 1 unspecified atom stereocenters. The first-order valence-electron chi connectivity index (χ1n) is 8.30. The Hall–Kier alpha value is -2.01. The maximum atomic E-state index is 12.5. The lowest BCUT2D eigenvalue weighted by molar-refractivity contribution is 0.0948. The summed E-state index contributed by atoms with van der Waals surface area (Å²) in [6, 6.07) is 3.58. The molecule has 0 aliphatic heterocycles. The first-order valence-corrected chi connectivity index (χ1v) is 9.18. The van der Waals surface area contributed by atoms with Gasteiger partial charge in [-0.05, 0) is 56.7 Å². The zero-order valence-electron chi connectivity index (χ0n) is 14.3. The number of hydrogen-bond donors (Lipinski definition) is 1. The van der Waals surface area contributed by atoms with Crippen LogP contribution < -0.4 is 5.32 Å². The van der Waals surface area contributed by atoms with E-state index in [9.17, 15) is 9.59 Å². The van der Waals surface area contributed by atoms with Gasteiger partial charge in [0.25, 0.3) is 5.91 Å². The van der Waals surface area contributed by atoms with Crippen molar-refractivity contribution in [3.63, 3.8) is 0 Å². The maximum Gasteiger partial charge on any atom is 0.252 e. The van der Waals surface area contributed by atoms with Gasteiger partial charge in [-0.25, -0.2) is 0 Å². The third kappa shape index (κ3) is 3.41. The van der Waals surface area contributed by atoms with Gasteiger partial charge in [0.05, 0.1) is 17.8 Å². The molecule has 2 heterocycles. The summed E-state index contributed by atoms with van der Waals surface area (Å²) in [5.74, 6) is 0.686. The van der Waals surface area contributed by atoms with Gasteiger partial charge in [-0.2, -0.15) is 0 Å². The van der Waals surface area contributed by atoms with Gasteiger partial charge in [0.15, 0.2) is 5.78 Å². The lowest BCUT2D eigenvalue weighted by Gasteiger charge is -2.18. The Morgan fingerprint density at radius 2 is 2.12 bits per heavy atom. The SMILES string of the molecule is CC(=O)c1ccc(CNC(=O)c2csc3c2CCC(C)C3)nc1C. The minimum atomic E-state index is -0.0304. The van der Waals surface area contributed by atoms with E-state index >= 15 is 0 Å². The van der Waals surface area contributed by atoms with Crippen LogP contribution in [0.1, 0.15) is 62.8 Å². The van der Waals surface area contributed by atoms with E-state index in [-0.39, 0.29) is 11.7 Å². The monoisotopic (exact) mass is 342 g/mol. The van der Waals surface area contributed by atoms with Crippen molar-refractivity contribution in [2.24, 2.45) is 5.92 Å². The molecular formula is C19H22N2O2S. The summed E-state index contributed by atoms with van der Waals surface area (Å²) in [4.78, 5) is 29.7. The molecule has 1 aliphatic carbocycles. The topological polar surface area (TPSA) is 59.1 Å². The average molecular weight is 342 g/mol. The quantitative estimate of drug-likeness (QED) is 0.862. The normalized spacial score (nSPS) is 16.5. The predicted octanol–water partition coefficient (Wildman–Crippen LogP) is 3.71. The van der Waals surface area contributed by atoms with Crippen molar-refractivity contribution >= 4 is 23.0 Å². The molecule has 4 nitrogen and oxygen atoms in total. The Labute approximate surface area is 146 Å². The lowest BCUT2D eigenvalue weighted by atomic mass is 9.88. The van der Waals surface area contributed by atoms with Crippen LogP contribution in [0.4, 0.5) is 0 Å². The summed E-state index contributed by atoms with van der Waals surface area (Å²) >= 11 is 1.70. The zero-order valence-corrected chi connectivity index (χ0v) is 15.1. The second-order valence-corrected chi connectivity index (χ2v) is 7.54. The van der Waals surface area contributed by atoms with Crippen LogP contribution in [0.3, 0.4) is 0 Å². The second kappa shape index (κ2) is 6.85. The number of nitrogens with zero attached hydrogens (tertiary/aromatic N) is 1. The van der Waals surface area contributed by atoms with Crippen molar-refractivity contribution in [1.82, 2.24) is 10.3 Å². The minimum Gasteiger partial charge on any atom is -0.346 e. The highest BCUT2D eigenvalue weighted by Crippen LogP contribution is 2.32. The average Bonchev–Trinajstić information content (AvgIpc) is 2.95. The Morgan fingerprint density at radius 3 is 2.83 bits per heavy atom. The fourth-order valence-electron chi connectivity index (χ4n) is 3.22. The number of hydrogen-bond acceptors (Lipinski definition) is 4. The zero-order chi connectivity index (χ0) is 17.3. The molecule has 1 aliphatic rings. The largest absolute Gasteiger partial charge is 0.346 e. The minimum absolute atomic E-state index is 0.00900. The second-order valence-electron chi connectivity index (χ2n) is 6.57. The first-order chi connectivity index (χ1) is 11.5. The molecule has 3 rings (SSSR count). The number of Topliss-reactive ketones (excluding diaryl/α,β-unsaturated/α-hetero) is 1. The number of rotatable bonds is 4. The molecule has 5 heteroatoms. The number of amides is 1. The van der Waals surface area contributed by atoms with E-state index in [0.717, 1.165) is 30.5 Å². The molecule has 0 fully saturated rings. The van der Waals surface area contributed by atoms with E-state index in [4.69, 9.17) is 0 Å². The first kappa shape index (κ1) is 16.8. The third-order valence-electron chi connectivity index (χ3n) is 4.60. The maximum absolute atomic E-state index is 12.5. The van der Waals surface area contributed by atoms with Crippen LogP contribution in [0, 0.1) is 12.8 Å². The molecule has 0 spiro atoms. The van der Waals surface area contributed by atoms with Gasteiger partial charge in [-0.3, -0.25) is 14.6 Å². The van der Waals surface area contributed by atoms with E-state index in [0.29, 0.717) is 23.7 Å². The fourth-order valence-corrected chi connectivity index (χ4v) is 4.46. The molecule has 0 aromatic carbocycles. The number of pyridine rings is 1. The predicted molar refractivity (Wildman–Crippen MR) is 95.7 cm³/mol. The molecule has 2 aromatic rings. The van der Waals surface area contributed by atoms with Gasteiger partial charge in [0.1, 0.15) is 0 Å². The number of carbonyl (C=O) groups excluding carboxylic acids is 2. The smallest absolute Gasteiger partial charge is 0.252 e.